The van der Waals surface area contributed by atoms with E-state index in [1.807, 2.05) is 36.1 Å². The maximum Gasteiger partial charge on any atom is 0.251 e. The molecule has 1 aliphatic heterocycles. The Hall–Kier alpha value is -2.82. The van der Waals surface area contributed by atoms with Gasteiger partial charge in [0.1, 0.15) is 6.04 Å². The van der Waals surface area contributed by atoms with Crippen molar-refractivity contribution in [2.24, 2.45) is 0 Å². The van der Waals surface area contributed by atoms with E-state index in [0.717, 1.165) is 30.8 Å². The summed E-state index contributed by atoms with van der Waals surface area (Å²) in [5, 5.41) is 5.82. The molecule has 1 heterocycles. The Labute approximate surface area is 148 Å². The summed E-state index contributed by atoms with van der Waals surface area (Å²) in [6, 6.07) is 14.9. The molecule has 25 heavy (non-hydrogen) atoms. The molecular formula is C20H23N3O2. The number of nitrogens with zero attached hydrogens (tertiary/aromatic N) is 1. The third kappa shape index (κ3) is 3.65. The second kappa shape index (κ2) is 7.38. The van der Waals surface area contributed by atoms with Gasteiger partial charge in [-0.3, -0.25) is 9.59 Å². The topological polar surface area (TPSA) is 61.4 Å². The molecule has 3 rings (SSSR count). The van der Waals surface area contributed by atoms with Crippen molar-refractivity contribution in [2.75, 3.05) is 23.8 Å². The number of carbonyl (C=O) groups excluding carboxylic acids is 2. The number of nitrogens with one attached hydrogen (secondary N) is 2. The van der Waals surface area contributed by atoms with Gasteiger partial charge in [0, 0.05) is 30.5 Å². The third-order valence-corrected chi connectivity index (χ3v) is 4.48. The van der Waals surface area contributed by atoms with E-state index in [4.69, 9.17) is 0 Å². The first kappa shape index (κ1) is 17.0. The minimum atomic E-state index is -0.383. The molecule has 0 bridgehead atoms. The lowest BCUT2D eigenvalue weighted by molar-refractivity contribution is -0.119. The van der Waals surface area contributed by atoms with Crippen molar-refractivity contribution in [3.63, 3.8) is 0 Å². The van der Waals surface area contributed by atoms with Gasteiger partial charge in [-0.15, -0.1) is 0 Å². The number of aryl methyl sites for hydroxylation is 1. The first-order valence-electron chi connectivity index (χ1n) is 8.58. The van der Waals surface area contributed by atoms with Gasteiger partial charge >= 0.3 is 0 Å². The van der Waals surface area contributed by atoms with Crippen molar-refractivity contribution >= 4 is 23.2 Å². The average molecular weight is 337 g/mol. The number of fused-ring (bicyclic) bond motifs is 1. The van der Waals surface area contributed by atoms with Crippen molar-refractivity contribution in [1.82, 2.24) is 5.32 Å². The smallest absolute Gasteiger partial charge is 0.251 e. The number of carbonyl (C=O) groups is 2. The van der Waals surface area contributed by atoms with Gasteiger partial charge in [0.2, 0.25) is 5.91 Å². The number of benzene rings is 2. The van der Waals surface area contributed by atoms with Crippen LogP contribution in [0, 0.1) is 0 Å². The monoisotopic (exact) mass is 337 g/mol. The summed E-state index contributed by atoms with van der Waals surface area (Å²) in [5.74, 6) is -0.106. The van der Waals surface area contributed by atoms with Crippen LogP contribution >= 0.6 is 0 Å². The molecular weight excluding hydrogens is 314 g/mol. The summed E-state index contributed by atoms with van der Waals surface area (Å²) in [6.45, 7) is 2.59. The summed E-state index contributed by atoms with van der Waals surface area (Å²) < 4.78 is 0. The number of anilines is 2. The van der Waals surface area contributed by atoms with E-state index in [1.165, 1.54) is 5.56 Å². The summed E-state index contributed by atoms with van der Waals surface area (Å²) >= 11 is 0. The fourth-order valence-electron chi connectivity index (χ4n) is 3.20. The lowest BCUT2D eigenvalue weighted by Crippen LogP contribution is -2.44. The Kier molecular flexibility index (Phi) is 5.03. The molecule has 130 valence electrons. The molecule has 2 aromatic rings. The van der Waals surface area contributed by atoms with Crippen molar-refractivity contribution < 1.29 is 9.59 Å². The van der Waals surface area contributed by atoms with Crippen LogP contribution in [0.4, 0.5) is 11.4 Å². The Morgan fingerprint density at radius 2 is 1.92 bits per heavy atom. The fraction of sp³-hybridized carbons (Fsp3) is 0.300. The van der Waals surface area contributed by atoms with Gasteiger partial charge < -0.3 is 15.5 Å². The van der Waals surface area contributed by atoms with Gasteiger partial charge in [-0.25, -0.2) is 0 Å². The zero-order valence-electron chi connectivity index (χ0n) is 14.6. The zero-order chi connectivity index (χ0) is 17.8. The number of hydrogen-bond acceptors (Lipinski definition) is 3. The molecule has 2 aromatic carbocycles. The summed E-state index contributed by atoms with van der Waals surface area (Å²) in [6.07, 6.45) is 1.98. The third-order valence-electron chi connectivity index (χ3n) is 4.48. The van der Waals surface area contributed by atoms with Gasteiger partial charge in [0.15, 0.2) is 0 Å². The minimum absolute atomic E-state index is 0.0393. The Morgan fingerprint density at radius 1 is 1.12 bits per heavy atom. The molecule has 0 saturated carbocycles. The highest BCUT2D eigenvalue weighted by Gasteiger charge is 2.26. The van der Waals surface area contributed by atoms with Gasteiger partial charge in [-0.1, -0.05) is 24.3 Å². The molecule has 5 heteroatoms. The quantitative estimate of drug-likeness (QED) is 0.902. The molecule has 0 aromatic heterocycles. The Balaban J connectivity index is 1.75. The van der Waals surface area contributed by atoms with Crippen LogP contribution in [0.2, 0.25) is 0 Å². The van der Waals surface area contributed by atoms with Crippen LogP contribution in [-0.2, 0) is 11.2 Å². The SMILES string of the molecule is CNC(=O)c1cccc(N[C@@H](C)C(=O)N2CCCc3ccccc32)c1. The number of hydrogen-bond donors (Lipinski definition) is 2. The number of para-hydroxylation sites is 1. The second-order valence-electron chi connectivity index (χ2n) is 6.25. The first-order valence-corrected chi connectivity index (χ1v) is 8.58. The van der Waals surface area contributed by atoms with Crippen molar-refractivity contribution in [3.05, 3.63) is 59.7 Å². The summed E-state index contributed by atoms with van der Waals surface area (Å²) in [5.41, 5.74) is 3.55. The van der Waals surface area contributed by atoms with Gasteiger partial charge in [0.05, 0.1) is 0 Å². The van der Waals surface area contributed by atoms with Crippen LogP contribution in [0.5, 0.6) is 0 Å². The average Bonchev–Trinajstić information content (AvgIpc) is 2.66. The van der Waals surface area contributed by atoms with E-state index in [-0.39, 0.29) is 17.9 Å². The van der Waals surface area contributed by atoms with Crippen LogP contribution in [0.25, 0.3) is 0 Å². The molecule has 1 atom stereocenters. The van der Waals surface area contributed by atoms with E-state index in [0.29, 0.717) is 5.56 Å². The van der Waals surface area contributed by atoms with Crippen LogP contribution in [-0.4, -0.2) is 31.4 Å². The predicted octanol–water partition coefficient (Wildman–Crippen LogP) is 2.83. The van der Waals surface area contributed by atoms with E-state index >= 15 is 0 Å². The summed E-state index contributed by atoms with van der Waals surface area (Å²) in [4.78, 5) is 26.5. The number of amides is 2. The maximum atomic E-state index is 12.9. The molecule has 0 fully saturated rings. The minimum Gasteiger partial charge on any atom is -0.374 e. The Morgan fingerprint density at radius 3 is 2.72 bits per heavy atom. The van der Waals surface area contributed by atoms with Crippen molar-refractivity contribution in [2.45, 2.75) is 25.8 Å². The van der Waals surface area contributed by atoms with Gasteiger partial charge in [-0.05, 0) is 49.6 Å². The normalized spacial score (nSPS) is 14.4. The second-order valence-corrected chi connectivity index (χ2v) is 6.25. The standard InChI is InChI=1S/C20H23N3O2/c1-14(22-17-10-5-8-16(13-17)19(24)21-2)20(25)23-12-6-9-15-7-3-4-11-18(15)23/h3-5,7-8,10-11,13-14,22H,6,9,12H2,1-2H3,(H,21,24)/t14-/m0/s1. The molecule has 0 aliphatic carbocycles. The van der Waals surface area contributed by atoms with Crippen LogP contribution in [0.1, 0.15) is 29.3 Å². The van der Waals surface area contributed by atoms with E-state index in [9.17, 15) is 9.59 Å². The predicted molar refractivity (Wildman–Crippen MR) is 100 cm³/mol. The van der Waals surface area contributed by atoms with E-state index in [1.54, 1.807) is 25.2 Å². The van der Waals surface area contributed by atoms with Gasteiger partial charge in [0.25, 0.3) is 5.91 Å². The van der Waals surface area contributed by atoms with Crippen LogP contribution in [0.3, 0.4) is 0 Å². The molecule has 1 aliphatic rings. The summed E-state index contributed by atoms with van der Waals surface area (Å²) in [7, 11) is 1.60. The lowest BCUT2D eigenvalue weighted by Gasteiger charge is -2.32. The largest absolute Gasteiger partial charge is 0.374 e. The fourth-order valence-corrected chi connectivity index (χ4v) is 3.20. The molecule has 0 spiro atoms. The highest BCUT2D eigenvalue weighted by Crippen LogP contribution is 2.27. The zero-order valence-corrected chi connectivity index (χ0v) is 14.6. The highest BCUT2D eigenvalue weighted by atomic mass is 16.2. The van der Waals surface area contributed by atoms with Crippen molar-refractivity contribution in [3.8, 4) is 0 Å². The maximum absolute atomic E-state index is 12.9. The Bertz CT molecular complexity index is 788. The molecule has 5 nitrogen and oxygen atoms in total. The van der Waals surface area contributed by atoms with Crippen LogP contribution < -0.4 is 15.5 Å². The van der Waals surface area contributed by atoms with E-state index < -0.39 is 0 Å². The first-order chi connectivity index (χ1) is 12.1. The van der Waals surface area contributed by atoms with Crippen LogP contribution in [0.15, 0.2) is 48.5 Å². The van der Waals surface area contributed by atoms with Gasteiger partial charge in [-0.2, -0.15) is 0 Å². The van der Waals surface area contributed by atoms with Crippen molar-refractivity contribution in [1.29, 1.82) is 0 Å². The highest BCUT2D eigenvalue weighted by molar-refractivity contribution is 6.00. The lowest BCUT2D eigenvalue weighted by atomic mass is 10.0. The van der Waals surface area contributed by atoms with E-state index in [2.05, 4.69) is 16.7 Å². The molecule has 2 N–H and O–H groups in total. The molecule has 0 saturated heterocycles. The number of rotatable bonds is 4. The molecule has 0 unspecified atom stereocenters. The molecule has 0 radical (unpaired) electrons. The molecule has 2 amide bonds.